The number of carbonyl (C=O) groups excluding carboxylic acids is 1. The van der Waals surface area contributed by atoms with Crippen LogP contribution in [0.2, 0.25) is 0 Å². The van der Waals surface area contributed by atoms with Gasteiger partial charge in [0.05, 0.1) is 12.3 Å². The number of nitrogen functional groups attached to an aromatic ring is 1. The van der Waals surface area contributed by atoms with E-state index in [0.29, 0.717) is 29.9 Å². The summed E-state index contributed by atoms with van der Waals surface area (Å²) in [5.74, 6) is 1.25. The quantitative estimate of drug-likeness (QED) is 0.699. The number of hydrogen-bond donors (Lipinski definition) is 3. The van der Waals surface area contributed by atoms with E-state index in [1.165, 1.54) is 12.8 Å². The van der Waals surface area contributed by atoms with Crippen LogP contribution >= 0.6 is 0 Å². The molecule has 110 valence electrons. The lowest BCUT2D eigenvalue weighted by Crippen LogP contribution is -2.39. The predicted molar refractivity (Wildman–Crippen MR) is 78.3 cm³/mol. The summed E-state index contributed by atoms with van der Waals surface area (Å²) in [5.41, 5.74) is 11.7. The van der Waals surface area contributed by atoms with Crippen LogP contribution in [0.25, 0.3) is 0 Å². The molecule has 1 aromatic rings. The first-order valence-corrected chi connectivity index (χ1v) is 6.92. The van der Waals surface area contributed by atoms with Crippen molar-refractivity contribution in [3.8, 4) is 5.88 Å². The minimum absolute atomic E-state index is 0.0719. The minimum Gasteiger partial charge on any atom is -0.476 e. The molecule has 1 saturated carbocycles. The van der Waals surface area contributed by atoms with Gasteiger partial charge in [0.2, 0.25) is 11.8 Å². The summed E-state index contributed by atoms with van der Waals surface area (Å²) in [7, 11) is 0. The summed E-state index contributed by atoms with van der Waals surface area (Å²) in [6.07, 6.45) is 2.41. The molecule has 0 aromatic carbocycles. The van der Waals surface area contributed by atoms with Crippen LogP contribution in [0.5, 0.6) is 5.88 Å². The van der Waals surface area contributed by atoms with Gasteiger partial charge < -0.3 is 21.5 Å². The highest BCUT2D eigenvalue weighted by Gasteiger charge is 2.23. The van der Waals surface area contributed by atoms with Gasteiger partial charge in [-0.2, -0.15) is 4.98 Å². The van der Waals surface area contributed by atoms with Crippen molar-refractivity contribution in [3.63, 3.8) is 0 Å². The summed E-state index contributed by atoms with van der Waals surface area (Å²) < 4.78 is 5.61. The van der Waals surface area contributed by atoms with Crippen molar-refractivity contribution in [1.82, 2.24) is 4.98 Å². The zero-order valence-electron chi connectivity index (χ0n) is 11.9. The Kier molecular flexibility index (Phi) is 4.32. The number of anilines is 2. The number of nitrogens with one attached hydrogen (secondary N) is 1. The Morgan fingerprint density at radius 2 is 2.20 bits per heavy atom. The Labute approximate surface area is 118 Å². The Hall–Kier alpha value is -1.98. The van der Waals surface area contributed by atoms with Crippen molar-refractivity contribution in [2.75, 3.05) is 17.7 Å². The predicted octanol–water partition coefficient (Wildman–Crippen LogP) is 1.37. The number of aromatic nitrogens is 1. The number of primary amides is 1. The van der Waals surface area contributed by atoms with Gasteiger partial charge in [0.1, 0.15) is 11.9 Å². The topological polar surface area (TPSA) is 103 Å². The molecule has 6 heteroatoms. The molecule has 1 atom stereocenters. The van der Waals surface area contributed by atoms with E-state index in [9.17, 15) is 4.79 Å². The summed E-state index contributed by atoms with van der Waals surface area (Å²) in [5, 5.41) is 3.03. The normalized spacial score (nSPS) is 15.9. The van der Waals surface area contributed by atoms with E-state index in [0.717, 1.165) is 0 Å². The van der Waals surface area contributed by atoms with Crippen molar-refractivity contribution < 1.29 is 9.53 Å². The highest BCUT2D eigenvalue weighted by molar-refractivity contribution is 5.83. The number of amides is 1. The molecule has 5 N–H and O–H groups in total. The molecule has 1 amide bonds. The lowest BCUT2D eigenvalue weighted by atomic mass is 10.0. The highest BCUT2D eigenvalue weighted by atomic mass is 16.5. The van der Waals surface area contributed by atoms with Gasteiger partial charge in [-0.1, -0.05) is 13.8 Å². The number of nitrogens with zero attached hydrogens (tertiary/aromatic N) is 1. The maximum absolute atomic E-state index is 11.4. The Morgan fingerprint density at radius 3 is 2.75 bits per heavy atom. The Bertz CT molecular complexity index is 486. The fraction of sp³-hybridized carbons (Fsp3) is 0.571. The zero-order chi connectivity index (χ0) is 14.7. The molecule has 0 radical (unpaired) electrons. The molecule has 1 aromatic heterocycles. The van der Waals surface area contributed by atoms with Crippen LogP contribution in [0.3, 0.4) is 0 Å². The van der Waals surface area contributed by atoms with E-state index < -0.39 is 11.9 Å². The van der Waals surface area contributed by atoms with E-state index in [-0.39, 0.29) is 5.92 Å². The van der Waals surface area contributed by atoms with Crippen LogP contribution in [0.4, 0.5) is 11.5 Å². The monoisotopic (exact) mass is 278 g/mol. The average Bonchev–Trinajstić information content (AvgIpc) is 3.19. The number of carbonyl (C=O) groups is 1. The van der Waals surface area contributed by atoms with Gasteiger partial charge in [-0.3, -0.25) is 4.79 Å². The van der Waals surface area contributed by atoms with Gasteiger partial charge in [0.25, 0.3) is 0 Å². The van der Waals surface area contributed by atoms with Crippen molar-refractivity contribution in [2.24, 2.45) is 17.6 Å². The largest absolute Gasteiger partial charge is 0.476 e. The molecule has 2 rings (SSSR count). The molecule has 1 aliphatic rings. The fourth-order valence-corrected chi connectivity index (χ4v) is 1.85. The first-order valence-electron chi connectivity index (χ1n) is 6.92. The number of ether oxygens (including phenoxy) is 1. The second-order valence-electron chi connectivity index (χ2n) is 5.61. The summed E-state index contributed by atoms with van der Waals surface area (Å²) in [4.78, 5) is 15.7. The number of rotatable bonds is 7. The van der Waals surface area contributed by atoms with Crippen LogP contribution < -0.4 is 21.5 Å². The number of nitrogens with two attached hydrogens (primary N) is 2. The summed E-state index contributed by atoms with van der Waals surface area (Å²) in [6.45, 7) is 4.48. The maximum Gasteiger partial charge on any atom is 0.240 e. The van der Waals surface area contributed by atoms with E-state index >= 15 is 0 Å². The maximum atomic E-state index is 11.4. The minimum atomic E-state index is -0.470. The third-order valence-electron chi connectivity index (χ3n) is 3.32. The number of hydrogen-bond acceptors (Lipinski definition) is 5. The van der Waals surface area contributed by atoms with Crippen molar-refractivity contribution >= 4 is 17.4 Å². The second kappa shape index (κ2) is 5.98. The third-order valence-corrected chi connectivity index (χ3v) is 3.32. The molecular weight excluding hydrogens is 256 g/mol. The van der Waals surface area contributed by atoms with Crippen molar-refractivity contribution in [3.05, 3.63) is 12.1 Å². The Balaban J connectivity index is 2.06. The molecule has 0 bridgehead atoms. The molecule has 6 nitrogen and oxygen atoms in total. The van der Waals surface area contributed by atoms with Gasteiger partial charge in [-0.25, -0.2) is 0 Å². The van der Waals surface area contributed by atoms with Crippen LogP contribution in [0.15, 0.2) is 12.1 Å². The molecule has 1 fully saturated rings. The van der Waals surface area contributed by atoms with Gasteiger partial charge >= 0.3 is 0 Å². The molecule has 0 aliphatic heterocycles. The summed E-state index contributed by atoms with van der Waals surface area (Å²) >= 11 is 0. The lowest BCUT2D eigenvalue weighted by Gasteiger charge is -2.20. The van der Waals surface area contributed by atoms with Gasteiger partial charge in [-0.05, 0) is 36.8 Å². The average molecular weight is 278 g/mol. The zero-order valence-corrected chi connectivity index (χ0v) is 11.9. The third kappa shape index (κ3) is 3.76. The summed E-state index contributed by atoms with van der Waals surface area (Å²) in [6, 6.07) is 2.97. The molecular formula is C14H22N4O2. The second-order valence-corrected chi connectivity index (χ2v) is 5.61. The van der Waals surface area contributed by atoms with E-state index in [1.807, 2.05) is 13.8 Å². The Morgan fingerprint density at radius 1 is 1.50 bits per heavy atom. The molecule has 1 aliphatic carbocycles. The smallest absolute Gasteiger partial charge is 0.240 e. The first kappa shape index (κ1) is 14.4. The van der Waals surface area contributed by atoms with Gasteiger partial charge in [-0.15, -0.1) is 0 Å². The SMILES string of the molecule is CC(C)C(Nc1ccc(N)c(OCC2CC2)n1)C(N)=O. The van der Waals surface area contributed by atoms with Crippen LogP contribution in [-0.2, 0) is 4.79 Å². The standard InChI is InChI=1S/C14H22N4O2/c1-8(2)12(13(16)19)17-11-6-5-10(15)14(18-11)20-7-9-3-4-9/h5-6,8-9,12H,3-4,7,15H2,1-2H3,(H2,16,19)(H,17,18). The molecule has 20 heavy (non-hydrogen) atoms. The van der Waals surface area contributed by atoms with Gasteiger partial charge in [0.15, 0.2) is 0 Å². The van der Waals surface area contributed by atoms with Crippen molar-refractivity contribution in [1.29, 1.82) is 0 Å². The molecule has 0 spiro atoms. The molecule has 1 unspecified atom stereocenters. The lowest BCUT2D eigenvalue weighted by molar-refractivity contribution is -0.119. The van der Waals surface area contributed by atoms with E-state index in [4.69, 9.17) is 16.2 Å². The molecule has 0 saturated heterocycles. The van der Waals surface area contributed by atoms with Crippen LogP contribution in [0, 0.1) is 11.8 Å². The highest BCUT2D eigenvalue weighted by Crippen LogP contribution is 2.30. The van der Waals surface area contributed by atoms with Crippen LogP contribution in [-0.4, -0.2) is 23.5 Å². The van der Waals surface area contributed by atoms with Crippen molar-refractivity contribution in [2.45, 2.75) is 32.7 Å². The fourth-order valence-electron chi connectivity index (χ4n) is 1.85. The molecule has 1 heterocycles. The van der Waals surface area contributed by atoms with Crippen LogP contribution in [0.1, 0.15) is 26.7 Å². The van der Waals surface area contributed by atoms with E-state index in [2.05, 4.69) is 10.3 Å². The first-order chi connectivity index (χ1) is 9.47. The van der Waals surface area contributed by atoms with E-state index in [1.54, 1.807) is 12.1 Å². The number of pyridine rings is 1. The van der Waals surface area contributed by atoms with Gasteiger partial charge in [0, 0.05) is 0 Å².